The van der Waals surface area contributed by atoms with Gasteiger partial charge in [0.25, 0.3) is 0 Å². The van der Waals surface area contributed by atoms with Crippen molar-refractivity contribution < 1.29 is 18.3 Å². The molecule has 3 N–H and O–H groups in total. The molecule has 10 heteroatoms. The summed E-state index contributed by atoms with van der Waals surface area (Å²) in [5.41, 5.74) is 15.3. The highest BCUT2D eigenvalue weighted by Gasteiger charge is 2.33. The zero-order chi connectivity index (χ0) is 25.2. The maximum absolute atomic E-state index is 13.6. The van der Waals surface area contributed by atoms with Gasteiger partial charge >= 0.3 is 0 Å². The molecule has 0 saturated carbocycles. The summed E-state index contributed by atoms with van der Waals surface area (Å²) in [5.74, 6) is 0.550. The number of hydrogen-bond acceptors (Lipinski definition) is 6. The molecule has 0 bridgehead atoms. The van der Waals surface area contributed by atoms with Crippen LogP contribution < -0.4 is 10.5 Å². The van der Waals surface area contributed by atoms with Crippen LogP contribution in [0.15, 0.2) is 64.6 Å². The van der Waals surface area contributed by atoms with Gasteiger partial charge in [-0.2, -0.15) is 4.31 Å². The summed E-state index contributed by atoms with van der Waals surface area (Å²) in [6.45, 7) is 4.29. The van der Waals surface area contributed by atoms with E-state index in [4.69, 9.17) is 16.0 Å². The summed E-state index contributed by atoms with van der Waals surface area (Å²) in [6.07, 6.45) is 0.636. The molecule has 0 heterocycles. The molecule has 186 valence electrons. The third-order valence-corrected chi connectivity index (χ3v) is 7.50. The van der Waals surface area contributed by atoms with E-state index in [1.54, 1.807) is 12.1 Å². The zero-order valence-electron chi connectivity index (χ0n) is 20.0. The van der Waals surface area contributed by atoms with E-state index in [1.165, 1.54) is 23.5 Å². The number of sulfonamides is 1. The first-order valence-electron chi connectivity index (χ1n) is 11.2. The Kier molecular flexibility index (Phi) is 10.3. The van der Waals surface area contributed by atoms with Crippen LogP contribution in [0.25, 0.3) is 10.4 Å². The Balaban J connectivity index is 2.25. The summed E-state index contributed by atoms with van der Waals surface area (Å²) >= 11 is 0. The van der Waals surface area contributed by atoms with Crippen LogP contribution in [0.2, 0.25) is 0 Å². The quantitative estimate of drug-likeness (QED) is 0.180. The molecule has 0 amide bonds. The number of azide groups is 1. The smallest absolute Gasteiger partial charge is 0.243 e. The number of ether oxygens (including phenoxy) is 1. The van der Waals surface area contributed by atoms with Crippen LogP contribution in [0.3, 0.4) is 0 Å². The van der Waals surface area contributed by atoms with Crippen molar-refractivity contribution in [3.63, 3.8) is 0 Å². The van der Waals surface area contributed by atoms with Crippen LogP contribution in [0, 0.1) is 5.41 Å². The first-order valence-corrected chi connectivity index (χ1v) is 12.7. The Morgan fingerprint density at radius 3 is 2.41 bits per heavy atom. The Labute approximate surface area is 202 Å². The summed E-state index contributed by atoms with van der Waals surface area (Å²) in [4.78, 5) is 2.88. The number of aliphatic hydroxyl groups excluding tert-OH is 1. The van der Waals surface area contributed by atoms with Crippen LogP contribution >= 0.6 is 0 Å². The van der Waals surface area contributed by atoms with Crippen molar-refractivity contribution in [3.8, 4) is 5.75 Å². The van der Waals surface area contributed by atoms with Gasteiger partial charge in [-0.1, -0.05) is 49.3 Å². The number of nitrogens with two attached hydrogens (primary N) is 1. The number of rotatable bonds is 14. The fourth-order valence-corrected chi connectivity index (χ4v) is 5.39. The van der Waals surface area contributed by atoms with Crippen molar-refractivity contribution in [2.45, 2.75) is 50.2 Å². The molecule has 2 atom stereocenters. The van der Waals surface area contributed by atoms with E-state index in [0.717, 1.165) is 5.56 Å². The van der Waals surface area contributed by atoms with E-state index in [1.807, 2.05) is 44.2 Å². The molecule has 0 aliphatic carbocycles. The molecule has 0 fully saturated rings. The van der Waals surface area contributed by atoms with Crippen molar-refractivity contribution >= 4 is 10.0 Å². The molecule has 34 heavy (non-hydrogen) atoms. The van der Waals surface area contributed by atoms with Gasteiger partial charge < -0.3 is 15.6 Å². The Bertz CT molecular complexity index is 1040. The van der Waals surface area contributed by atoms with Gasteiger partial charge in [0.15, 0.2) is 0 Å². The lowest BCUT2D eigenvalue weighted by atomic mass is 9.87. The minimum absolute atomic E-state index is 0.113. The first-order chi connectivity index (χ1) is 16.1. The lowest BCUT2D eigenvalue weighted by molar-refractivity contribution is 0.106. The first kappa shape index (κ1) is 27.6. The molecule has 0 spiro atoms. The number of methoxy groups -OCH3 is 1. The average Bonchev–Trinajstić information content (AvgIpc) is 2.82. The van der Waals surface area contributed by atoms with E-state index in [9.17, 15) is 13.5 Å². The molecule has 0 aliphatic heterocycles. The van der Waals surface area contributed by atoms with Crippen molar-refractivity contribution in [1.29, 1.82) is 0 Å². The Morgan fingerprint density at radius 2 is 1.82 bits per heavy atom. The number of aliphatic hydroxyl groups is 1. The fraction of sp³-hybridized carbons (Fsp3) is 0.500. The average molecular weight is 490 g/mol. The summed E-state index contributed by atoms with van der Waals surface area (Å²) in [7, 11) is -2.40. The van der Waals surface area contributed by atoms with Gasteiger partial charge in [-0.15, -0.1) is 0 Å². The standard InChI is InChI=1S/C24H35N5O4S/c1-24(2,14-7-15-27-28-26)18-29(34(31,32)21-12-10-20(33-3)11-13-21)17-23(30)22(25)16-19-8-5-4-6-9-19/h4-6,8-13,22-23,30H,7,14-18,25H2,1-3H3/t22-,23?/m0/s1. The highest BCUT2D eigenvalue weighted by molar-refractivity contribution is 7.89. The largest absolute Gasteiger partial charge is 0.497 e. The molecular formula is C24H35N5O4S. The second-order valence-corrected chi connectivity index (χ2v) is 11.1. The molecule has 1 unspecified atom stereocenters. The van der Waals surface area contributed by atoms with Crippen LogP contribution in [0.5, 0.6) is 5.75 Å². The topological polar surface area (TPSA) is 142 Å². The Hall–Kier alpha value is -2.62. The lowest BCUT2D eigenvalue weighted by Gasteiger charge is -2.34. The Morgan fingerprint density at radius 1 is 1.18 bits per heavy atom. The van der Waals surface area contributed by atoms with Crippen molar-refractivity contribution in [2.24, 2.45) is 16.3 Å². The van der Waals surface area contributed by atoms with E-state index in [2.05, 4.69) is 10.0 Å². The predicted octanol–water partition coefficient (Wildman–Crippen LogP) is 3.73. The third-order valence-electron chi connectivity index (χ3n) is 5.68. The van der Waals surface area contributed by atoms with Crippen LogP contribution in [-0.4, -0.2) is 56.7 Å². The normalized spacial score (nSPS) is 13.8. The summed E-state index contributed by atoms with van der Waals surface area (Å²) in [5, 5.41) is 14.4. The highest BCUT2D eigenvalue weighted by atomic mass is 32.2. The summed E-state index contributed by atoms with van der Waals surface area (Å²) < 4.78 is 33.6. The molecule has 2 aromatic rings. The van der Waals surface area contributed by atoms with Gasteiger partial charge in [0.2, 0.25) is 10.0 Å². The lowest BCUT2D eigenvalue weighted by Crippen LogP contribution is -2.49. The van der Waals surface area contributed by atoms with Crippen LogP contribution in [0.1, 0.15) is 32.3 Å². The molecule has 2 aromatic carbocycles. The van der Waals surface area contributed by atoms with Gasteiger partial charge in [-0.3, -0.25) is 0 Å². The van der Waals surface area contributed by atoms with E-state index >= 15 is 0 Å². The van der Waals surface area contributed by atoms with Crippen molar-refractivity contribution in [1.82, 2.24) is 4.31 Å². The highest BCUT2D eigenvalue weighted by Crippen LogP contribution is 2.28. The summed E-state index contributed by atoms with van der Waals surface area (Å²) in [6, 6.07) is 15.1. The molecule has 0 aromatic heterocycles. The maximum atomic E-state index is 13.6. The van der Waals surface area contributed by atoms with Crippen LogP contribution in [-0.2, 0) is 16.4 Å². The van der Waals surface area contributed by atoms with Crippen molar-refractivity contribution in [3.05, 3.63) is 70.6 Å². The molecule has 0 radical (unpaired) electrons. The van der Waals surface area contributed by atoms with Gasteiger partial charge in [0.05, 0.1) is 18.1 Å². The molecule has 0 aliphatic rings. The predicted molar refractivity (Wildman–Crippen MR) is 133 cm³/mol. The third kappa shape index (κ3) is 8.30. The molecular weight excluding hydrogens is 454 g/mol. The molecule has 2 rings (SSSR count). The van der Waals surface area contributed by atoms with Crippen molar-refractivity contribution in [2.75, 3.05) is 26.7 Å². The maximum Gasteiger partial charge on any atom is 0.243 e. The monoisotopic (exact) mass is 489 g/mol. The fourth-order valence-electron chi connectivity index (χ4n) is 3.74. The van der Waals surface area contributed by atoms with Crippen LogP contribution in [0.4, 0.5) is 0 Å². The van der Waals surface area contributed by atoms with Gasteiger partial charge in [-0.25, -0.2) is 8.42 Å². The number of benzene rings is 2. The molecule has 0 saturated heterocycles. The number of hydrogen-bond donors (Lipinski definition) is 2. The molecule has 9 nitrogen and oxygen atoms in total. The van der Waals surface area contributed by atoms with Gasteiger partial charge in [0.1, 0.15) is 5.75 Å². The minimum Gasteiger partial charge on any atom is -0.497 e. The second kappa shape index (κ2) is 12.7. The zero-order valence-corrected chi connectivity index (χ0v) is 20.9. The van der Waals surface area contributed by atoms with Gasteiger partial charge in [-0.05, 0) is 60.0 Å². The minimum atomic E-state index is -3.92. The van der Waals surface area contributed by atoms with E-state index in [-0.39, 0.29) is 18.0 Å². The van der Waals surface area contributed by atoms with E-state index < -0.39 is 27.6 Å². The van der Waals surface area contributed by atoms with E-state index in [0.29, 0.717) is 31.6 Å². The second-order valence-electron chi connectivity index (χ2n) is 9.12. The number of nitrogens with zero attached hydrogens (tertiary/aromatic N) is 4. The van der Waals surface area contributed by atoms with Gasteiger partial charge in [0, 0.05) is 30.6 Å². The SMILES string of the molecule is COc1ccc(S(=O)(=O)N(CC(O)[C@@H](N)Cc2ccccc2)CC(C)(C)CCCN=[N+]=[N-])cc1.